The first-order valence-corrected chi connectivity index (χ1v) is 4.99. The number of fused-ring (bicyclic) bond motifs is 1. The molecule has 0 saturated carbocycles. The first kappa shape index (κ1) is 9.96. The number of nitrogens with zero attached hydrogens (tertiary/aromatic N) is 3. The number of rotatable bonds is 0. The van der Waals surface area contributed by atoms with Crippen LogP contribution < -0.4 is 5.73 Å². The van der Waals surface area contributed by atoms with E-state index in [-0.39, 0.29) is 5.41 Å². The fraction of sp³-hybridized carbons (Fsp3) is 0.455. The largest absolute Gasteiger partial charge is 0.384 e. The van der Waals surface area contributed by atoms with Gasteiger partial charge in [-0.15, -0.1) is 0 Å². The molecule has 0 aliphatic carbocycles. The summed E-state index contributed by atoms with van der Waals surface area (Å²) >= 11 is 0. The fourth-order valence-corrected chi connectivity index (χ4v) is 1.75. The second-order valence-corrected chi connectivity index (χ2v) is 4.82. The van der Waals surface area contributed by atoms with Gasteiger partial charge < -0.3 is 10.3 Å². The third-order valence-electron chi connectivity index (χ3n) is 2.41. The summed E-state index contributed by atoms with van der Waals surface area (Å²) in [6.45, 7) is 6.41. The maximum Gasteiger partial charge on any atom is 0.162 e. The molecule has 2 aromatic heterocycles. The van der Waals surface area contributed by atoms with Gasteiger partial charge in [-0.25, -0.2) is 9.97 Å². The third kappa shape index (κ3) is 1.56. The standard InChI is InChI=1S/C11H16N4/c1-11(2,3)10-13-7-5-6-8(12)14-9(7)15(10)4/h5-6H,1-4H3,(H2,12,14). The van der Waals surface area contributed by atoms with Crippen LogP contribution in [0.1, 0.15) is 26.6 Å². The van der Waals surface area contributed by atoms with Crippen molar-refractivity contribution in [3.05, 3.63) is 18.0 Å². The predicted molar refractivity (Wildman–Crippen MR) is 61.6 cm³/mol. The number of nitrogen functional groups attached to an aromatic ring is 1. The van der Waals surface area contributed by atoms with Gasteiger partial charge in [-0.1, -0.05) is 20.8 Å². The van der Waals surface area contributed by atoms with Crippen molar-refractivity contribution in [3.8, 4) is 0 Å². The number of imidazole rings is 1. The van der Waals surface area contributed by atoms with Crippen LogP contribution in [0.15, 0.2) is 12.1 Å². The smallest absolute Gasteiger partial charge is 0.162 e. The van der Waals surface area contributed by atoms with E-state index >= 15 is 0 Å². The van der Waals surface area contributed by atoms with Gasteiger partial charge in [-0.2, -0.15) is 0 Å². The molecule has 80 valence electrons. The molecule has 2 aromatic rings. The number of pyridine rings is 1. The van der Waals surface area contributed by atoms with Gasteiger partial charge in [0.15, 0.2) is 5.65 Å². The van der Waals surface area contributed by atoms with Gasteiger partial charge in [0.2, 0.25) is 0 Å². The molecule has 0 aromatic carbocycles. The van der Waals surface area contributed by atoms with Crippen LogP contribution in [0, 0.1) is 0 Å². The van der Waals surface area contributed by atoms with Crippen LogP contribution >= 0.6 is 0 Å². The number of hydrogen-bond donors (Lipinski definition) is 1. The highest BCUT2D eigenvalue weighted by molar-refractivity contribution is 5.73. The minimum absolute atomic E-state index is 0.0181. The maximum absolute atomic E-state index is 5.66. The molecule has 2 N–H and O–H groups in total. The van der Waals surface area contributed by atoms with Gasteiger partial charge in [0, 0.05) is 12.5 Å². The van der Waals surface area contributed by atoms with E-state index in [0.717, 1.165) is 17.0 Å². The first-order valence-electron chi connectivity index (χ1n) is 4.99. The lowest BCUT2D eigenvalue weighted by Gasteiger charge is -2.17. The zero-order valence-electron chi connectivity index (χ0n) is 9.57. The second kappa shape index (κ2) is 2.95. The van der Waals surface area contributed by atoms with E-state index in [0.29, 0.717) is 5.82 Å². The van der Waals surface area contributed by atoms with Crippen molar-refractivity contribution >= 4 is 17.0 Å². The van der Waals surface area contributed by atoms with Crippen molar-refractivity contribution in [2.75, 3.05) is 5.73 Å². The zero-order chi connectivity index (χ0) is 11.2. The van der Waals surface area contributed by atoms with Crippen molar-refractivity contribution in [2.24, 2.45) is 7.05 Å². The van der Waals surface area contributed by atoms with Gasteiger partial charge in [0.1, 0.15) is 17.2 Å². The Labute approximate surface area is 89.1 Å². The summed E-state index contributed by atoms with van der Waals surface area (Å²) in [5.74, 6) is 1.56. The monoisotopic (exact) mass is 204 g/mol. The maximum atomic E-state index is 5.66. The molecule has 0 aliphatic rings. The lowest BCUT2D eigenvalue weighted by Crippen LogP contribution is -2.17. The van der Waals surface area contributed by atoms with Crippen LogP contribution in [0.4, 0.5) is 5.82 Å². The summed E-state index contributed by atoms with van der Waals surface area (Å²) in [5, 5.41) is 0. The van der Waals surface area contributed by atoms with E-state index in [2.05, 4.69) is 30.7 Å². The van der Waals surface area contributed by atoms with Crippen LogP contribution in [0.25, 0.3) is 11.2 Å². The molecule has 0 radical (unpaired) electrons. The number of nitrogens with two attached hydrogens (primary N) is 1. The van der Waals surface area contributed by atoms with E-state index in [1.807, 2.05) is 17.7 Å². The summed E-state index contributed by atoms with van der Waals surface area (Å²) < 4.78 is 2.01. The Hall–Kier alpha value is -1.58. The molecule has 0 saturated heterocycles. The molecule has 15 heavy (non-hydrogen) atoms. The summed E-state index contributed by atoms with van der Waals surface area (Å²) in [5.41, 5.74) is 7.42. The van der Waals surface area contributed by atoms with Crippen LogP contribution in [0.2, 0.25) is 0 Å². The molecule has 0 spiro atoms. The summed E-state index contributed by atoms with van der Waals surface area (Å²) in [7, 11) is 1.97. The van der Waals surface area contributed by atoms with Gasteiger partial charge in [0.05, 0.1) is 0 Å². The minimum atomic E-state index is 0.0181. The van der Waals surface area contributed by atoms with Crippen LogP contribution in [-0.2, 0) is 12.5 Å². The number of aromatic nitrogens is 3. The van der Waals surface area contributed by atoms with Gasteiger partial charge in [-0.05, 0) is 12.1 Å². The molecule has 4 heteroatoms. The van der Waals surface area contributed by atoms with Crippen LogP contribution in [0.5, 0.6) is 0 Å². The average Bonchev–Trinajstić information content (AvgIpc) is 2.43. The quantitative estimate of drug-likeness (QED) is 0.712. The Kier molecular flexibility index (Phi) is 1.96. The van der Waals surface area contributed by atoms with E-state index in [4.69, 9.17) is 5.73 Å². The van der Waals surface area contributed by atoms with E-state index in [1.165, 1.54) is 0 Å². The number of aryl methyl sites for hydroxylation is 1. The zero-order valence-corrected chi connectivity index (χ0v) is 9.57. The summed E-state index contributed by atoms with van der Waals surface area (Å²) in [4.78, 5) is 8.86. The highest BCUT2D eigenvalue weighted by atomic mass is 15.1. The topological polar surface area (TPSA) is 56.7 Å². The average molecular weight is 204 g/mol. The molecular formula is C11H16N4. The molecule has 0 amide bonds. The van der Waals surface area contributed by atoms with Gasteiger partial charge in [0.25, 0.3) is 0 Å². The molecule has 0 bridgehead atoms. The summed E-state index contributed by atoms with van der Waals surface area (Å²) in [6, 6.07) is 3.69. The van der Waals surface area contributed by atoms with Crippen LogP contribution in [0.3, 0.4) is 0 Å². The molecule has 2 rings (SSSR count). The van der Waals surface area contributed by atoms with Crippen molar-refractivity contribution in [1.82, 2.24) is 14.5 Å². The van der Waals surface area contributed by atoms with Crippen molar-refractivity contribution in [1.29, 1.82) is 0 Å². The Morgan fingerprint density at radius 3 is 2.47 bits per heavy atom. The first-order chi connectivity index (χ1) is 6.89. The predicted octanol–water partition coefficient (Wildman–Crippen LogP) is 1.85. The number of anilines is 1. The fourth-order valence-electron chi connectivity index (χ4n) is 1.75. The normalized spacial score (nSPS) is 12.3. The lowest BCUT2D eigenvalue weighted by atomic mass is 9.96. The van der Waals surface area contributed by atoms with Gasteiger partial charge in [-0.3, -0.25) is 0 Å². The molecule has 0 unspecified atom stereocenters. The Morgan fingerprint density at radius 1 is 1.20 bits per heavy atom. The number of hydrogen-bond acceptors (Lipinski definition) is 3. The Bertz CT molecular complexity index is 505. The molecule has 0 aliphatic heterocycles. The van der Waals surface area contributed by atoms with Crippen molar-refractivity contribution < 1.29 is 0 Å². The Balaban J connectivity index is 2.76. The molecule has 2 heterocycles. The van der Waals surface area contributed by atoms with Crippen LogP contribution in [-0.4, -0.2) is 14.5 Å². The van der Waals surface area contributed by atoms with Crippen molar-refractivity contribution in [3.63, 3.8) is 0 Å². The molecule has 0 atom stereocenters. The van der Waals surface area contributed by atoms with E-state index < -0.39 is 0 Å². The third-order valence-corrected chi connectivity index (χ3v) is 2.41. The Morgan fingerprint density at radius 2 is 1.87 bits per heavy atom. The molecular weight excluding hydrogens is 188 g/mol. The van der Waals surface area contributed by atoms with Crippen molar-refractivity contribution in [2.45, 2.75) is 26.2 Å². The summed E-state index contributed by atoms with van der Waals surface area (Å²) in [6.07, 6.45) is 0. The molecule has 4 nitrogen and oxygen atoms in total. The second-order valence-electron chi connectivity index (χ2n) is 4.82. The minimum Gasteiger partial charge on any atom is -0.384 e. The van der Waals surface area contributed by atoms with E-state index in [1.54, 1.807) is 6.07 Å². The highest BCUT2D eigenvalue weighted by Crippen LogP contribution is 2.24. The van der Waals surface area contributed by atoms with E-state index in [9.17, 15) is 0 Å². The molecule has 0 fully saturated rings. The lowest BCUT2D eigenvalue weighted by molar-refractivity contribution is 0.526. The SMILES string of the molecule is Cn1c(C(C)(C)C)nc2ccc(N)nc21. The highest BCUT2D eigenvalue weighted by Gasteiger charge is 2.21. The van der Waals surface area contributed by atoms with Gasteiger partial charge >= 0.3 is 0 Å².